The number of rotatable bonds is 5. The number of aliphatic hydroxyl groups excluding tert-OH is 1. The Labute approximate surface area is 116 Å². The minimum Gasteiger partial charge on any atom is -0.489 e. The molecule has 20 heavy (non-hydrogen) atoms. The fourth-order valence-corrected chi connectivity index (χ4v) is 1.90. The summed E-state index contributed by atoms with van der Waals surface area (Å²) < 4.78 is 31.5. The van der Waals surface area contributed by atoms with Gasteiger partial charge in [-0.2, -0.15) is 0 Å². The van der Waals surface area contributed by atoms with Gasteiger partial charge in [-0.1, -0.05) is 31.2 Å². The van der Waals surface area contributed by atoms with Crippen LogP contribution in [0.5, 0.6) is 5.75 Å². The molecule has 0 fully saturated rings. The van der Waals surface area contributed by atoms with Crippen molar-refractivity contribution in [2.75, 3.05) is 0 Å². The van der Waals surface area contributed by atoms with Crippen molar-refractivity contribution in [3.63, 3.8) is 0 Å². The van der Waals surface area contributed by atoms with E-state index >= 15 is 0 Å². The van der Waals surface area contributed by atoms with E-state index in [1.165, 1.54) is 6.07 Å². The number of ether oxygens (including phenoxy) is 1. The van der Waals surface area contributed by atoms with E-state index in [0.29, 0.717) is 23.3 Å². The van der Waals surface area contributed by atoms with E-state index in [9.17, 15) is 13.9 Å². The van der Waals surface area contributed by atoms with E-state index in [1.54, 1.807) is 18.2 Å². The fraction of sp³-hybridized carbons (Fsp3) is 0.250. The van der Waals surface area contributed by atoms with Crippen LogP contribution in [0.2, 0.25) is 0 Å². The molecule has 0 spiro atoms. The highest BCUT2D eigenvalue weighted by atomic mass is 19.2. The average Bonchev–Trinajstić information content (AvgIpc) is 2.48. The Morgan fingerprint density at radius 2 is 1.85 bits per heavy atom. The van der Waals surface area contributed by atoms with Crippen LogP contribution in [-0.2, 0) is 6.61 Å². The average molecular weight is 278 g/mol. The number of hydrogen-bond donors (Lipinski definition) is 1. The van der Waals surface area contributed by atoms with Gasteiger partial charge in [0, 0.05) is 5.56 Å². The first kappa shape index (κ1) is 14.5. The summed E-state index contributed by atoms with van der Waals surface area (Å²) in [4.78, 5) is 0. The number of aliphatic hydroxyl groups is 1. The summed E-state index contributed by atoms with van der Waals surface area (Å²) in [6.07, 6.45) is -0.0258. The molecule has 0 unspecified atom stereocenters. The molecule has 4 heteroatoms. The van der Waals surface area contributed by atoms with Crippen molar-refractivity contribution in [2.45, 2.75) is 26.1 Å². The molecule has 0 saturated heterocycles. The zero-order valence-corrected chi connectivity index (χ0v) is 11.1. The van der Waals surface area contributed by atoms with Crippen LogP contribution in [0.4, 0.5) is 8.78 Å². The van der Waals surface area contributed by atoms with Crippen LogP contribution in [0, 0.1) is 11.6 Å². The molecule has 2 aromatic carbocycles. The zero-order chi connectivity index (χ0) is 14.5. The van der Waals surface area contributed by atoms with E-state index in [1.807, 2.05) is 13.0 Å². The molecule has 0 amide bonds. The van der Waals surface area contributed by atoms with E-state index < -0.39 is 17.7 Å². The second-order valence-corrected chi connectivity index (χ2v) is 4.50. The minimum atomic E-state index is -0.895. The largest absolute Gasteiger partial charge is 0.489 e. The molecule has 2 aromatic rings. The van der Waals surface area contributed by atoms with Crippen LogP contribution < -0.4 is 4.74 Å². The van der Waals surface area contributed by atoms with Gasteiger partial charge in [0.1, 0.15) is 12.4 Å². The van der Waals surface area contributed by atoms with Gasteiger partial charge in [-0.3, -0.25) is 0 Å². The molecule has 106 valence electrons. The van der Waals surface area contributed by atoms with Crippen LogP contribution in [-0.4, -0.2) is 5.11 Å². The fourth-order valence-electron chi connectivity index (χ4n) is 1.90. The first-order valence-corrected chi connectivity index (χ1v) is 6.45. The van der Waals surface area contributed by atoms with Crippen molar-refractivity contribution in [1.82, 2.24) is 0 Å². The molecule has 0 radical (unpaired) electrons. The topological polar surface area (TPSA) is 29.5 Å². The van der Waals surface area contributed by atoms with Gasteiger partial charge in [-0.25, -0.2) is 8.78 Å². The first-order chi connectivity index (χ1) is 9.61. The maximum Gasteiger partial charge on any atom is 0.159 e. The van der Waals surface area contributed by atoms with Gasteiger partial charge < -0.3 is 9.84 Å². The highest BCUT2D eigenvalue weighted by molar-refractivity contribution is 5.35. The Balaban J connectivity index is 2.12. The van der Waals surface area contributed by atoms with Gasteiger partial charge >= 0.3 is 0 Å². The second kappa shape index (κ2) is 6.48. The highest BCUT2D eigenvalue weighted by Gasteiger charge is 2.11. The summed E-state index contributed by atoms with van der Waals surface area (Å²) in [6, 6.07) is 10.8. The summed E-state index contributed by atoms with van der Waals surface area (Å²) in [6.45, 7) is 1.99. The summed E-state index contributed by atoms with van der Waals surface area (Å²) in [7, 11) is 0. The van der Waals surface area contributed by atoms with Crippen molar-refractivity contribution in [2.24, 2.45) is 0 Å². The van der Waals surface area contributed by atoms with Crippen LogP contribution in [0.3, 0.4) is 0 Å². The third-order valence-corrected chi connectivity index (χ3v) is 3.04. The molecule has 0 aliphatic heterocycles. The van der Waals surface area contributed by atoms with Crippen molar-refractivity contribution in [1.29, 1.82) is 0 Å². The lowest BCUT2D eigenvalue weighted by molar-refractivity contribution is 0.166. The molecular weight excluding hydrogens is 262 g/mol. The van der Waals surface area contributed by atoms with Crippen LogP contribution in [0.25, 0.3) is 0 Å². The van der Waals surface area contributed by atoms with E-state index in [2.05, 4.69) is 0 Å². The third-order valence-electron chi connectivity index (χ3n) is 3.04. The molecule has 2 rings (SSSR count). The molecule has 0 saturated carbocycles. The van der Waals surface area contributed by atoms with E-state index in [-0.39, 0.29) is 6.61 Å². The van der Waals surface area contributed by atoms with Crippen LogP contribution in [0.1, 0.15) is 30.6 Å². The maximum absolute atomic E-state index is 13.1. The predicted octanol–water partition coefficient (Wildman–Crippen LogP) is 3.99. The van der Waals surface area contributed by atoms with Crippen LogP contribution >= 0.6 is 0 Å². The standard InChI is InChI=1S/C16H16F2O2/c1-2-15(19)12-5-3-4-6-16(12)20-10-11-7-8-13(17)14(18)9-11/h3-9,15,19H,2,10H2,1H3/t15-/m0/s1. The van der Waals surface area contributed by atoms with Gasteiger partial charge in [0.2, 0.25) is 0 Å². The number of para-hydroxylation sites is 1. The van der Waals surface area contributed by atoms with Gasteiger partial charge in [-0.05, 0) is 30.2 Å². The first-order valence-electron chi connectivity index (χ1n) is 6.45. The third kappa shape index (κ3) is 3.33. The molecule has 1 N–H and O–H groups in total. The normalized spacial score (nSPS) is 12.2. The predicted molar refractivity (Wildman–Crippen MR) is 72.4 cm³/mol. The second-order valence-electron chi connectivity index (χ2n) is 4.50. The Kier molecular flexibility index (Phi) is 4.69. The Hall–Kier alpha value is -1.94. The van der Waals surface area contributed by atoms with Gasteiger partial charge in [-0.15, -0.1) is 0 Å². The molecule has 1 atom stereocenters. The lowest BCUT2D eigenvalue weighted by atomic mass is 10.1. The van der Waals surface area contributed by atoms with Gasteiger partial charge in [0.05, 0.1) is 6.10 Å². The molecule has 0 heterocycles. The molecule has 0 aromatic heterocycles. The molecule has 2 nitrogen and oxygen atoms in total. The van der Waals surface area contributed by atoms with Crippen LogP contribution in [0.15, 0.2) is 42.5 Å². The van der Waals surface area contributed by atoms with Crippen molar-refractivity contribution in [3.05, 3.63) is 65.2 Å². The van der Waals surface area contributed by atoms with Crippen molar-refractivity contribution in [3.8, 4) is 5.75 Å². The number of hydrogen-bond acceptors (Lipinski definition) is 2. The Morgan fingerprint density at radius 3 is 2.55 bits per heavy atom. The lowest BCUT2D eigenvalue weighted by Crippen LogP contribution is -2.02. The summed E-state index contributed by atoms with van der Waals surface area (Å²) in [5, 5.41) is 9.90. The van der Waals surface area contributed by atoms with E-state index in [4.69, 9.17) is 4.74 Å². The summed E-state index contributed by atoms with van der Waals surface area (Å²) in [5.41, 5.74) is 1.22. The molecular formula is C16H16F2O2. The number of halogens is 2. The molecule has 0 bridgehead atoms. The Bertz CT molecular complexity index is 584. The quantitative estimate of drug-likeness (QED) is 0.896. The van der Waals surface area contributed by atoms with E-state index in [0.717, 1.165) is 12.1 Å². The minimum absolute atomic E-state index is 0.116. The zero-order valence-electron chi connectivity index (χ0n) is 11.1. The van der Waals surface area contributed by atoms with Crippen molar-refractivity contribution >= 4 is 0 Å². The Morgan fingerprint density at radius 1 is 1.10 bits per heavy atom. The molecule has 0 aliphatic rings. The summed E-state index contributed by atoms with van der Waals surface area (Å²) >= 11 is 0. The maximum atomic E-state index is 13.1. The highest BCUT2D eigenvalue weighted by Crippen LogP contribution is 2.27. The monoisotopic (exact) mass is 278 g/mol. The summed E-state index contributed by atoms with van der Waals surface area (Å²) in [5.74, 6) is -1.23. The SMILES string of the molecule is CC[C@H](O)c1ccccc1OCc1ccc(F)c(F)c1. The van der Waals surface area contributed by atoms with Crippen molar-refractivity contribution < 1.29 is 18.6 Å². The number of benzene rings is 2. The lowest BCUT2D eigenvalue weighted by Gasteiger charge is -2.15. The van der Waals surface area contributed by atoms with Gasteiger partial charge in [0.25, 0.3) is 0 Å². The smallest absolute Gasteiger partial charge is 0.159 e. The molecule has 0 aliphatic carbocycles. The van der Waals surface area contributed by atoms with Gasteiger partial charge in [0.15, 0.2) is 11.6 Å².